The number of ether oxygens (including phenoxy) is 2. The number of benzene rings is 2. The van der Waals surface area contributed by atoms with Gasteiger partial charge in [0.25, 0.3) is 5.91 Å². The number of nitrogens with zero attached hydrogens (tertiary/aromatic N) is 3. The van der Waals surface area contributed by atoms with Crippen molar-refractivity contribution >= 4 is 5.91 Å². The normalized spacial score (nSPS) is 19.9. The molecule has 2 fully saturated rings. The maximum atomic E-state index is 13.1. The van der Waals surface area contributed by atoms with Crippen molar-refractivity contribution in [3.63, 3.8) is 0 Å². The van der Waals surface area contributed by atoms with Gasteiger partial charge < -0.3 is 18.9 Å². The summed E-state index contributed by atoms with van der Waals surface area (Å²) in [6.45, 7) is 2.52. The highest BCUT2D eigenvalue weighted by Crippen LogP contribution is 2.37. The van der Waals surface area contributed by atoms with Crippen LogP contribution in [0.25, 0.3) is 0 Å². The van der Waals surface area contributed by atoms with Crippen LogP contribution in [0.1, 0.15) is 35.2 Å². The Morgan fingerprint density at radius 3 is 2.75 bits per heavy atom. The van der Waals surface area contributed by atoms with E-state index in [9.17, 15) is 9.18 Å². The monoisotopic (exact) mass is 435 g/mol. The summed E-state index contributed by atoms with van der Waals surface area (Å²) >= 11 is 0. The van der Waals surface area contributed by atoms with Gasteiger partial charge in [-0.3, -0.25) is 4.79 Å². The summed E-state index contributed by atoms with van der Waals surface area (Å²) in [6.07, 6.45) is 7.74. The Morgan fingerprint density at radius 2 is 2.00 bits per heavy atom. The minimum absolute atomic E-state index is 0.0532. The first kappa shape index (κ1) is 20.7. The van der Waals surface area contributed by atoms with Crippen molar-refractivity contribution < 1.29 is 18.7 Å². The lowest BCUT2D eigenvalue weighted by molar-refractivity contribution is -0.0395. The maximum Gasteiger partial charge on any atom is 0.253 e. The number of carbonyl (C=O) groups is 1. The molecule has 3 aromatic rings. The summed E-state index contributed by atoms with van der Waals surface area (Å²) in [5.41, 5.74) is 1.54. The van der Waals surface area contributed by atoms with Gasteiger partial charge in [-0.1, -0.05) is 12.1 Å². The molecule has 2 saturated heterocycles. The van der Waals surface area contributed by atoms with Gasteiger partial charge in [0.2, 0.25) is 0 Å². The number of hydrogen-bond acceptors (Lipinski definition) is 4. The number of amides is 1. The molecule has 6 nitrogen and oxygen atoms in total. The minimum Gasteiger partial charge on any atom is -0.488 e. The van der Waals surface area contributed by atoms with Crippen LogP contribution < -0.4 is 4.74 Å². The quantitative estimate of drug-likeness (QED) is 0.610. The standard InChI is InChI=1S/C25H26FN3O3/c26-21-4-6-22(7-5-21)32-23-15-25(31-17-23)8-11-29(12-9-25)24(30)20-3-1-2-19(14-20)16-28-13-10-27-18-28/h1-7,10,13-14,18,23H,8-9,11-12,15-17H2. The number of hydrogen-bond donors (Lipinski definition) is 0. The van der Waals surface area contributed by atoms with Gasteiger partial charge in [-0.25, -0.2) is 9.37 Å². The van der Waals surface area contributed by atoms with Crippen LogP contribution >= 0.6 is 0 Å². The largest absolute Gasteiger partial charge is 0.488 e. The zero-order chi connectivity index (χ0) is 22.0. The molecule has 166 valence electrons. The molecule has 32 heavy (non-hydrogen) atoms. The summed E-state index contributed by atoms with van der Waals surface area (Å²) in [6, 6.07) is 13.9. The average Bonchev–Trinajstić information content (AvgIpc) is 3.46. The third-order valence-electron chi connectivity index (χ3n) is 6.35. The fraction of sp³-hybridized carbons (Fsp3) is 0.360. The Morgan fingerprint density at radius 1 is 1.19 bits per heavy atom. The van der Waals surface area contributed by atoms with Crippen LogP contribution in [0.3, 0.4) is 0 Å². The van der Waals surface area contributed by atoms with Gasteiger partial charge in [0, 0.05) is 44.0 Å². The third kappa shape index (κ3) is 4.53. The van der Waals surface area contributed by atoms with Crippen molar-refractivity contribution in [3.8, 4) is 5.75 Å². The van der Waals surface area contributed by atoms with Crippen LogP contribution in [-0.2, 0) is 11.3 Å². The van der Waals surface area contributed by atoms with E-state index in [-0.39, 0.29) is 23.4 Å². The fourth-order valence-electron chi connectivity index (χ4n) is 4.63. The third-order valence-corrected chi connectivity index (χ3v) is 6.35. The molecule has 7 heteroatoms. The molecular weight excluding hydrogens is 409 g/mol. The molecule has 0 aliphatic carbocycles. The molecule has 1 amide bonds. The smallest absolute Gasteiger partial charge is 0.253 e. The molecule has 0 radical (unpaired) electrons. The van der Waals surface area contributed by atoms with Gasteiger partial charge in [-0.05, 0) is 54.8 Å². The van der Waals surface area contributed by atoms with E-state index in [4.69, 9.17) is 9.47 Å². The zero-order valence-corrected chi connectivity index (χ0v) is 17.8. The van der Waals surface area contributed by atoms with E-state index in [2.05, 4.69) is 4.98 Å². The van der Waals surface area contributed by atoms with E-state index in [1.807, 2.05) is 39.9 Å². The van der Waals surface area contributed by atoms with Crippen molar-refractivity contribution in [3.05, 3.63) is 84.2 Å². The van der Waals surface area contributed by atoms with Crippen molar-refractivity contribution in [2.75, 3.05) is 19.7 Å². The van der Waals surface area contributed by atoms with Crippen LogP contribution in [0, 0.1) is 5.82 Å². The summed E-state index contributed by atoms with van der Waals surface area (Å²) in [5.74, 6) is 0.436. The second-order valence-electron chi connectivity index (χ2n) is 8.62. The highest BCUT2D eigenvalue weighted by atomic mass is 19.1. The molecule has 5 rings (SSSR count). The highest BCUT2D eigenvalue weighted by Gasteiger charge is 2.44. The Balaban J connectivity index is 1.17. The lowest BCUT2D eigenvalue weighted by Gasteiger charge is -2.38. The molecule has 0 bridgehead atoms. The van der Waals surface area contributed by atoms with Gasteiger partial charge >= 0.3 is 0 Å². The van der Waals surface area contributed by atoms with Crippen molar-refractivity contribution in [2.45, 2.75) is 37.5 Å². The minimum atomic E-state index is -0.277. The lowest BCUT2D eigenvalue weighted by atomic mass is 9.87. The van der Waals surface area contributed by atoms with E-state index >= 15 is 0 Å². The highest BCUT2D eigenvalue weighted by molar-refractivity contribution is 5.94. The Bertz CT molecular complexity index is 1060. The van der Waals surface area contributed by atoms with Crippen LogP contribution in [-0.4, -0.2) is 51.8 Å². The van der Waals surface area contributed by atoms with Crippen molar-refractivity contribution in [1.82, 2.24) is 14.5 Å². The lowest BCUT2D eigenvalue weighted by Crippen LogP contribution is -2.46. The number of rotatable bonds is 5. The van der Waals surface area contributed by atoms with Gasteiger partial charge in [0.1, 0.15) is 17.7 Å². The van der Waals surface area contributed by atoms with E-state index in [0.717, 1.165) is 24.8 Å². The molecule has 1 unspecified atom stereocenters. The number of halogens is 1. The molecule has 2 aliphatic heterocycles. The van der Waals surface area contributed by atoms with Crippen LogP contribution in [0.4, 0.5) is 4.39 Å². The first-order valence-corrected chi connectivity index (χ1v) is 11.0. The molecular formula is C25H26FN3O3. The second kappa shape index (κ2) is 8.74. The molecule has 2 aromatic carbocycles. The number of imidazole rings is 1. The number of likely N-dealkylation sites (tertiary alicyclic amines) is 1. The van der Waals surface area contributed by atoms with Crippen LogP contribution in [0.5, 0.6) is 5.75 Å². The average molecular weight is 435 g/mol. The SMILES string of the molecule is O=C(c1cccc(Cn2ccnc2)c1)N1CCC2(CC1)CC(Oc1ccc(F)cc1)CO2. The van der Waals surface area contributed by atoms with Gasteiger partial charge in [0.15, 0.2) is 0 Å². The first-order valence-electron chi connectivity index (χ1n) is 11.0. The number of carbonyl (C=O) groups excluding carboxylic acids is 1. The summed E-state index contributed by atoms with van der Waals surface area (Å²) in [4.78, 5) is 19.1. The van der Waals surface area contributed by atoms with Gasteiger partial charge in [-0.2, -0.15) is 0 Å². The van der Waals surface area contributed by atoms with Crippen molar-refractivity contribution in [1.29, 1.82) is 0 Å². The first-order chi connectivity index (χ1) is 15.6. The molecule has 1 spiro atoms. The Kier molecular flexibility index (Phi) is 5.66. The van der Waals surface area contributed by atoms with Gasteiger partial charge in [0.05, 0.1) is 18.5 Å². The Hall–Kier alpha value is -3.19. The fourth-order valence-corrected chi connectivity index (χ4v) is 4.63. The molecule has 0 N–H and O–H groups in total. The maximum absolute atomic E-state index is 13.1. The van der Waals surface area contributed by atoms with Crippen molar-refractivity contribution in [2.24, 2.45) is 0 Å². The predicted molar refractivity (Wildman–Crippen MR) is 117 cm³/mol. The van der Waals surface area contributed by atoms with Crippen LogP contribution in [0.2, 0.25) is 0 Å². The predicted octanol–water partition coefficient (Wildman–Crippen LogP) is 3.91. The zero-order valence-electron chi connectivity index (χ0n) is 17.8. The number of aromatic nitrogens is 2. The molecule has 1 atom stereocenters. The van der Waals surface area contributed by atoms with E-state index in [1.54, 1.807) is 24.7 Å². The molecule has 3 heterocycles. The topological polar surface area (TPSA) is 56.6 Å². The Labute approximate surface area is 186 Å². The number of piperidine rings is 1. The second-order valence-corrected chi connectivity index (χ2v) is 8.62. The summed E-state index contributed by atoms with van der Waals surface area (Å²) < 4.78 is 27.2. The van der Waals surface area contributed by atoms with Gasteiger partial charge in [-0.15, -0.1) is 0 Å². The molecule has 2 aliphatic rings. The van der Waals surface area contributed by atoms with E-state index < -0.39 is 0 Å². The van der Waals surface area contributed by atoms with E-state index in [0.29, 0.717) is 37.6 Å². The summed E-state index contributed by atoms with van der Waals surface area (Å²) in [5, 5.41) is 0. The molecule has 1 aromatic heterocycles. The molecule has 0 saturated carbocycles. The van der Waals surface area contributed by atoms with Crippen LogP contribution in [0.15, 0.2) is 67.3 Å². The summed E-state index contributed by atoms with van der Waals surface area (Å²) in [7, 11) is 0. The van der Waals surface area contributed by atoms with E-state index in [1.165, 1.54) is 12.1 Å².